The molecule has 28 heavy (non-hydrogen) atoms. The van der Waals surface area contributed by atoms with E-state index in [4.69, 9.17) is 9.47 Å². The minimum Gasteiger partial charge on any atom is -0.394 e. The summed E-state index contributed by atoms with van der Waals surface area (Å²) in [5, 5.41) is 28.7. The van der Waals surface area contributed by atoms with E-state index in [0.29, 0.717) is 6.61 Å². The minimum atomic E-state index is -0.978. The quantitative estimate of drug-likeness (QED) is 0.238. The van der Waals surface area contributed by atoms with E-state index in [2.05, 4.69) is 19.1 Å². The third kappa shape index (κ3) is 11.5. The van der Waals surface area contributed by atoms with Gasteiger partial charge in [0, 0.05) is 6.61 Å². The van der Waals surface area contributed by atoms with E-state index in [0.717, 1.165) is 12.8 Å². The summed E-state index contributed by atoms with van der Waals surface area (Å²) < 4.78 is 11.0. The van der Waals surface area contributed by atoms with Gasteiger partial charge in [0.1, 0.15) is 24.4 Å². The normalized spacial score (nSPS) is 23.6. The van der Waals surface area contributed by atoms with E-state index in [1.54, 1.807) is 0 Å². The molecule has 0 aromatic heterocycles. The van der Waals surface area contributed by atoms with Crippen molar-refractivity contribution in [1.29, 1.82) is 0 Å². The van der Waals surface area contributed by atoms with Crippen LogP contribution in [-0.2, 0) is 9.47 Å². The third-order valence-electron chi connectivity index (χ3n) is 5.47. The first-order chi connectivity index (χ1) is 13.7. The van der Waals surface area contributed by atoms with Gasteiger partial charge in [-0.05, 0) is 32.1 Å². The first-order valence-corrected chi connectivity index (χ1v) is 11.6. The van der Waals surface area contributed by atoms with Crippen molar-refractivity contribution >= 4 is 0 Å². The molecule has 1 fully saturated rings. The maximum absolute atomic E-state index is 9.82. The van der Waals surface area contributed by atoms with E-state index in [-0.39, 0.29) is 13.2 Å². The number of rotatable bonds is 18. The maximum Gasteiger partial charge on any atom is 0.114 e. The fraction of sp³-hybridized carbons (Fsp3) is 0.913. The van der Waals surface area contributed by atoms with E-state index in [1.165, 1.54) is 70.6 Å². The summed E-state index contributed by atoms with van der Waals surface area (Å²) >= 11 is 0. The van der Waals surface area contributed by atoms with Crippen LogP contribution in [0.15, 0.2) is 12.2 Å². The number of aliphatic hydroxyl groups excluding tert-OH is 3. The molecule has 0 amide bonds. The van der Waals surface area contributed by atoms with Gasteiger partial charge in [0.05, 0.1) is 13.2 Å². The van der Waals surface area contributed by atoms with Gasteiger partial charge in [-0.3, -0.25) is 0 Å². The monoisotopic (exact) mass is 400 g/mol. The largest absolute Gasteiger partial charge is 0.394 e. The molecule has 1 aliphatic rings. The average Bonchev–Trinajstić information content (AvgIpc) is 3.03. The molecule has 0 aromatic rings. The summed E-state index contributed by atoms with van der Waals surface area (Å²) in [6.45, 7) is 2.69. The maximum atomic E-state index is 9.82. The van der Waals surface area contributed by atoms with Crippen molar-refractivity contribution in [3.05, 3.63) is 12.2 Å². The molecule has 1 rings (SSSR count). The van der Waals surface area contributed by atoms with Gasteiger partial charge in [0.2, 0.25) is 0 Å². The standard InChI is InChI=1S/C23H44O5/c1-2-3-4-5-6-7-8-9-10-11-12-13-14-15-16-17-27-21(18-24)23-22(26)20(25)19-28-23/h6-7,20-26H,2-5,8-19H2,1H3/b7-6+/t20-,21+,22+,23+/m0/s1. The van der Waals surface area contributed by atoms with Crippen molar-refractivity contribution in [1.82, 2.24) is 0 Å². The molecule has 5 heteroatoms. The molecule has 5 nitrogen and oxygen atoms in total. The first kappa shape index (κ1) is 25.6. The lowest BCUT2D eigenvalue weighted by Gasteiger charge is -2.24. The molecular formula is C23H44O5. The highest BCUT2D eigenvalue weighted by molar-refractivity contribution is 4.88. The number of hydrogen-bond acceptors (Lipinski definition) is 5. The zero-order chi connectivity index (χ0) is 20.5. The van der Waals surface area contributed by atoms with Crippen molar-refractivity contribution in [2.75, 3.05) is 19.8 Å². The van der Waals surface area contributed by atoms with Gasteiger partial charge >= 0.3 is 0 Å². The number of allylic oxidation sites excluding steroid dienone is 2. The minimum absolute atomic E-state index is 0.0982. The van der Waals surface area contributed by atoms with Crippen LogP contribution in [0.3, 0.4) is 0 Å². The van der Waals surface area contributed by atoms with Crippen LogP contribution in [0.1, 0.15) is 90.4 Å². The summed E-state index contributed by atoms with van der Waals surface area (Å²) in [4.78, 5) is 0. The fourth-order valence-electron chi connectivity index (χ4n) is 3.61. The smallest absolute Gasteiger partial charge is 0.114 e. The van der Waals surface area contributed by atoms with Crippen molar-refractivity contribution < 1.29 is 24.8 Å². The highest BCUT2D eigenvalue weighted by atomic mass is 16.6. The summed E-state index contributed by atoms with van der Waals surface area (Å²) in [6.07, 6.45) is 17.9. The zero-order valence-corrected chi connectivity index (χ0v) is 17.9. The van der Waals surface area contributed by atoms with Crippen LogP contribution < -0.4 is 0 Å². The van der Waals surface area contributed by atoms with Crippen LogP contribution in [0.5, 0.6) is 0 Å². The molecular weight excluding hydrogens is 356 g/mol. The lowest BCUT2D eigenvalue weighted by atomic mass is 10.1. The van der Waals surface area contributed by atoms with Crippen LogP contribution in [-0.4, -0.2) is 59.6 Å². The Balaban J connectivity index is 1.86. The zero-order valence-electron chi connectivity index (χ0n) is 17.9. The second-order valence-electron chi connectivity index (χ2n) is 8.03. The molecule has 0 radical (unpaired) electrons. The van der Waals surface area contributed by atoms with Crippen molar-refractivity contribution in [2.24, 2.45) is 0 Å². The van der Waals surface area contributed by atoms with Crippen molar-refractivity contribution in [3.63, 3.8) is 0 Å². The first-order valence-electron chi connectivity index (χ1n) is 11.6. The Kier molecular flexibility index (Phi) is 15.9. The Hall–Kier alpha value is -0.460. The highest BCUT2D eigenvalue weighted by Crippen LogP contribution is 2.20. The summed E-state index contributed by atoms with van der Waals surface area (Å²) in [5.41, 5.74) is 0. The Bertz CT molecular complexity index is 374. The number of aliphatic hydroxyl groups is 3. The third-order valence-corrected chi connectivity index (χ3v) is 5.47. The van der Waals surface area contributed by atoms with E-state index >= 15 is 0 Å². The molecule has 0 spiro atoms. The van der Waals surface area contributed by atoms with Gasteiger partial charge in [-0.1, -0.05) is 70.4 Å². The van der Waals surface area contributed by atoms with Crippen LogP contribution in [0.4, 0.5) is 0 Å². The lowest BCUT2D eigenvalue weighted by molar-refractivity contribution is -0.101. The van der Waals surface area contributed by atoms with Gasteiger partial charge < -0.3 is 24.8 Å². The van der Waals surface area contributed by atoms with Crippen LogP contribution in [0.25, 0.3) is 0 Å². The van der Waals surface area contributed by atoms with E-state index in [9.17, 15) is 15.3 Å². The predicted molar refractivity (Wildman–Crippen MR) is 113 cm³/mol. The van der Waals surface area contributed by atoms with Crippen LogP contribution >= 0.6 is 0 Å². The van der Waals surface area contributed by atoms with Gasteiger partial charge in [-0.2, -0.15) is 0 Å². The topological polar surface area (TPSA) is 79.2 Å². The number of ether oxygens (including phenoxy) is 2. The second-order valence-corrected chi connectivity index (χ2v) is 8.03. The molecule has 0 aliphatic carbocycles. The lowest BCUT2D eigenvalue weighted by Crippen LogP contribution is -2.42. The van der Waals surface area contributed by atoms with Gasteiger partial charge in [0.15, 0.2) is 0 Å². The van der Waals surface area contributed by atoms with Gasteiger partial charge in [0.25, 0.3) is 0 Å². The van der Waals surface area contributed by atoms with Crippen LogP contribution in [0.2, 0.25) is 0 Å². The molecule has 1 heterocycles. The van der Waals surface area contributed by atoms with Gasteiger partial charge in [-0.15, -0.1) is 0 Å². The molecule has 0 bridgehead atoms. The van der Waals surface area contributed by atoms with Crippen molar-refractivity contribution in [2.45, 2.75) is 115 Å². The molecule has 0 saturated carbocycles. The molecule has 1 aliphatic heterocycles. The molecule has 4 atom stereocenters. The molecule has 1 saturated heterocycles. The highest BCUT2D eigenvalue weighted by Gasteiger charge is 2.40. The fourth-order valence-corrected chi connectivity index (χ4v) is 3.61. The van der Waals surface area contributed by atoms with Crippen molar-refractivity contribution in [3.8, 4) is 0 Å². The predicted octanol–water partition coefficient (Wildman–Crippen LogP) is 4.13. The molecule has 0 aromatic carbocycles. The number of unbranched alkanes of at least 4 members (excludes halogenated alkanes) is 11. The molecule has 0 unspecified atom stereocenters. The number of hydrogen-bond donors (Lipinski definition) is 3. The summed E-state index contributed by atoms with van der Waals surface area (Å²) in [7, 11) is 0. The van der Waals surface area contributed by atoms with Gasteiger partial charge in [-0.25, -0.2) is 0 Å². The molecule has 3 N–H and O–H groups in total. The summed E-state index contributed by atoms with van der Waals surface area (Å²) in [5.74, 6) is 0. The Morgan fingerprint density at radius 3 is 2.00 bits per heavy atom. The second kappa shape index (κ2) is 17.4. The summed E-state index contributed by atoms with van der Waals surface area (Å²) in [6, 6.07) is 0. The van der Waals surface area contributed by atoms with E-state index < -0.39 is 24.4 Å². The Labute approximate surface area is 172 Å². The van der Waals surface area contributed by atoms with E-state index in [1.807, 2.05) is 0 Å². The molecule has 166 valence electrons. The Morgan fingerprint density at radius 2 is 1.46 bits per heavy atom. The SMILES string of the molecule is CCCCC/C=C/CCCCCCCCCCO[C@H](CO)[C@H]1OC[C@H](O)[C@H]1O. The Morgan fingerprint density at radius 1 is 0.893 bits per heavy atom. The average molecular weight is 401 g/mol. The van der Waals surface area contributed by atoms with Crippen LogP contribution in [0, 0.1) is 0 Å².